The highest BCUT2D eigenvalue weighted by Crippen LogP contribution is 2.44. The van der Waals surface area contributed by atoms with Gasteiger partial charge in [-0.15, -0.1) is 21.8 Å². The Balaban J connectivity index is 1.85. The number of halogens is 1. The van der Waals surface area contributed by atoms with Crippen LogP contribution in [-0.2, 0) is 13.6 Å². The summed E-state index contributed by atoms with van der Waals surface area (Å²) in [6, 6.07) is 0.448. The molecule has 1 saturated carbocycles. The van der Waals surface area contributed by atoms with Crippen LogP contribution in [0.3, 0.4) is 0 Å². The lowest BCUT2D eigenvalue weighted by Gasteiger charge is -2.49. The highest BCUT2D eigenvalue weighted by molar-refractivity contribution is 6.21. The Kier molecular flexibility index (Phi) is 2.68. The van der Waals surface area contributed by atoms with Crippen molar-refractivity contribution in [1.29, 1.82) is 0 Å². The van der Waals surface area contributed by atoms with Crippen molar-refractivity contribution in [2.24, 2.45) is 12.5 Å². The average molecular weight is 230 g/mol. The number of alkyl halides is 1. The number of aromatic nitrogens is 4. The molecule has 1 aliphatic rings. The topological polar surface area (TPSA) is 55.6 Å². The third-order valence-electron chi connectivity index (χ3n) is 3.20. The van der Waals surface area contributed by atoms with Gasteiger partial charge in [-0.2, -0.15) is 4.80 Å². The summed E-state index contributed by atoms with van der Waals surface area (Å²) in [5.74, 6) is 0.728. The van der Waals surface area contributed by atoms with Crippen LogP contribution in [0.5, 0.6) is 0 Å². The molecule has 0 bridgehead atoms. The summed E-state index contributed by atoms with van der Waals surface area (Å²) in [6.07, 6.45) is 1.01. The number of nitrogens with zero attached hydrogens (tertiary/aromatic N) is 4. The number of hydrogen-bond acceptors (Lipinski definition) is 4. The van der Waals surface area contributed by atoms with E-state index >= 15 is 0 Å². The maximum absolute atomic E-state index is 6.13. The Morgan fingerprint density at radius 3 is 2.80 bits per heavy atom. The first-order chi connectivity index (χ1) is 7.00. The zero-order chi connectivity index (χ0) is 11.1. The van der Waals surface area contributed by atoms with Crippen LogP contribution in [0.4, 0.5) is 0 Å². The summed E-state index contributed by atoms with van der Waals surface area (Å²) in [5.41, 5.74) is 0.157. The van der Waals surface area contributed by atoms with Gasteiger partial charge >= 0.3 is 0 Å². The predicted octanol–water partition coefficient (Wildman–Crippen LogP) is 0.706. The molecule has 0 aliphatic heterocycles. The van der Waals surface area contributed by atoms with E-state index in [1.165, 1.54) is 4.80 Å². The van der Waals surface area contributed by atoms with Crippen LogP contribution in [0.1, 0.15) is 26.1 Å². The van der Waals surface area contributed by atoms with Gasteiger partial charge in [0.15, 0.2) is 5.82 Å². The molecule has 1 fully saturated rings. The number of hydrogen-bond donors (Lipinski definition) is 1. The highest BCUT2D eigenvalue weighted by Gasteiger charge is 2.46. The van der Waals surface area contributed by atoms with Crippen LogP contribution in [0, 0.1) is 5.41 Å². The van der Waals surface area contributed by atoms with Gasteiger partial charge in [0.25, 0.3) is 0 Å². The lowest BCUT2D eigenvalue weighted by atomic mass is 9.67. The van der Waals surface area contributed by atoms with Crippen molar-refractivity contribution >= 4 is 11.6 Å². The molecule has 1 N–H and O–H groups in total. The minimum Gasteiger partial charge on any atom is -0.306 e. The number of nitrogens with one attached hydrogen (secondary N) is 1. The predicted molar refractivity (Wildman–Crippen MR) is 57.5 cm³/mol. The molecule has 2 atom stereocenters. The fourth-order valence-corrected chi connectivity index (χ4v) is 2.16. The first-order valence-corrected chi connectivity index (χ1v) is 5.54. The van der Waals surface area contributed by atoms with Gasteiger partial charge in [0.1, 0.15) is 0 Å². The number of rotatable bonds is 3. The molecule has 6 heteroatoms. The smallest absolute Gasteiger partial charge is 0.188 e. The molecular formula is C9H16ClN5. The van der Waals surface area contributed by atoms with Crippen molar-refractivity contribution in [3.63, 3.8) is 0 Å². The normalized spacial score (nSPS) is 28.8. The lowest BCUT2D eigenvalue weighted by Crippen LogP contribution is -2.57. The molecule has 0 saturated heterocycles. The molecule has 2 rings (SSSR count). The Bertz CT molecular complexity index is 348. The zero-order valence-electron chi connectivity index (χ0n) is 9.24. The fourth-order valence-electron chi connectivity index (χ4n) is 1.83. The van der Waals surface area contributed by atoms with Crippen LogP contribution >= 0.6 is 11.6 Å². The Labute approximate surface area is 94.2 Å². The summed E-state index contributed by atoms with van der Waals surface area (Å²) in [5, 5.41) is 15.5. The summed E-state index contributed by atoms with van der Waals surface area (Å²) >= 11 is 6.13. The first-order valence-electron chi connectivity index (χ1n) is 5.10. The molecule has 15 heavy (non-hydrogen) atoms. The number of aryl methyl sites for hydroxylation is 1. The second-order valence-electron chi connectivity index (χ2n) is 4.65. The molecule has 0 radical (unpaired) electrons. The van der Waals surface area contributed by atoms with Crippen molar-refractivity contribution in [2.75, 3.05) is 0 Å². The Morgan fingerprint density at radius 2 is 2.33 bits per heavy atom. The van der Waals surface area contributed by atoms with E-state index in [0.29, 0.717) is 12.6 Å². The van der Waals surface area contributed by atoms with Crippen molar-refractivity contribution < 1.29 is 0 Å². The summed E-state index contributed by atoms with van der Waals surface area (Å²) in [7, 11) is 1.76. The van der Waals surface area contributed by atoms with E-state index in [4.69, 9.17) is 11.6 Å². The summed E-state index contributed by atoms with van der Waals surface area (Å²) in [6.45, 7) is 5.01. The molecule has 1 aromatic rings. The molecule has 0 spiro atoms. The Hall–Kier alpha value is -0.680. The van der Waals surface area contributed by atoms with E-state index in [1.54, 1.807) is 7.05 Å². The van der Waals surface area contributed by atoms with Gasteiger partial charge in [-0.25, -0.2) is 0 Å². The third-order valence-corrected chi connectivity index (χ3v) is 3.94. The van der Waals surface area contributed by atoms with E-state index in [2.05, 4.69) is 34.6 Å². The Morgan fingerprint density at radius 1 is 1.60 bits per heavy atom. The molecular weight excluding hydrogens is 214 g/mol. The highest BCUT2D eigenvalue weighted by atomic mass is 35.5. The molecule has 0 amide bonds. The van der Waals surface area contributed by atoms with Crippen LogP contribution in [-0.4, -0.2) is 31.6 Å². The lowest BCUT2D eigenvalue weighted by molar-refractivity contribution is 0.115. The minimum absolute atomic E-state index is 0.157. The van der Waals surface area contributed by atoms with Gasteiger partial charge in [0.05, 0.1) is 13.6 Å². The van der Waals surface area contributed by atoms with Crippen molar-refractivity contribution in [3.05, 3.63) is 5.82 Å². The van der Waals surface area contributed by atoms with E-state index in [0.717, 1.165) is 12.2 Å². The van der Waals surface area contributed by atoms with Gasteiger partial charge in [-0.3, -0.25) is 0 Å². The van der Waals surface area contributed by atoms with Crippen LogP contribution in [0.15, 0.2) is 0 Å². The molecule has 1 aliphatic carbocycles. The fraction of sp³-hybridized carbons (Fsp3) is 0.889. The van der Waals surface area contributed by atoms with E-state index in [1.807, 2.05) is 0 Å². The summed E-state index contributed by atoms with van der Waals surface area (Å²) < 4.78 is 0. The maximum atomic E-state index is 6.13. The van der Waals surface area contributed by atoms with Gasteiger partial charge in [0, 0.05) is 11.4 Å². The molecule has 84 valence electrons. The van der Waals surface area contributed by atoms with Crippen molar-refractivity contribution in [1.82, 2.24) is 25.5 Å². The quantitative estimate of drug-likeness (QED) is 0.776. The van der Waals surface area contributed by atoms with Gasteiger partial charge in [0.2, 0.25) is 0 Å². The van der Waals surface area contributed by atoms with Crippen molar-refractivity contribution in [3.8, 4) is 0 Å². The van der Waals surface area contributed by atoms with Gasteiger partial charge in [-0.1, -0.05) is 13.8 Å². The van der Waals surface area contributed by atoms with Gasteiger partial charge in [-0.05, 0) is 17.0 Å². The molecule has 0 aromatic carbocycles. The molecule has 5 nitrogen and oxygen atoms in total. The van der Waals surface area contributed by atoms with Gasteiger partial charge < -0.3 is 5.32 Å². The third kappa shape index (κ3) is 1.99. The SMILES string of the molecule is Cn1nnc(CNC2CC(Cl)C2(C)C)n1. The van der Waals surface area contributed by atoms with Crippen LogP contribution in [0.2, 0.25) is 0 Å². The summed E-state index contributed by atoms with van der Waals surface area (Å²) in [4.78, 5) is 1.47. The largest absolute Gasteiger partial charge is 0.306 e. The average Bonchev–Trinajstić information content (AvgIpc) is 2.58. The van der Waals surface area contributed by atoms with Crippen molar-refractivity contribution in [2.45, 2.75) is 38.2 Å². The molecule has 1 aromatic heterocycles. The zero-order valence-corrected chi connectivity index (χ0v) is 9.99. The van der Waals surface area contributed by atoms with E-state index < -0.39 is 0 Å². The first kappa shape index (κ1) is 10.8. The van der Waals surface area contributed by atoms with E-state index in [-0.39, 0.29) is 10.8 Å². The molecule has 1 heterocycles. The monoisotopic (exact) mass is 229 g/mol. The number of tetrazole rings is 1. The standard InChI is InChI=1S/C9H16ClN5/c1-9(2)6(10)4-7(9)11-5-8-12-14-15(3)13-8/h6-7,11H,4-5H2,1-3H3. The van der Waals surface area contributed by atoms with Crippen LogP contribution in [0.25, 0.3) is 0 Å². The maximum Gasteiger partial charge on any atom is 0.188 e. The second-order valence-corrected chi connectivity index (χ2v) is 5.18. The van der Waals surface area contributed by atoms with E-state index in [9.17, 15) is 0 Å². The minimum atomic E-state index is 0.157. The molecule has 2 unspecified atom stereocenters. The van der Waals surface area contributed by atoms with Crippen LogP contribution < -0.4 is 5.32 Å². The second kappa shape index (κ2) is 3.72.